The van der Waals surface area contributed by atoms with Gasteiger partial charge in [-0.2, -0.15) is 0 Å². The maximum absolute atomic E-state index is 3.89. The highest BCUT2D eigenvalue weighted by atomic mass is 79.9. The summed E-state index contributed by atoms with van der Waals surface area (Å²) in [6.45, 7) is 2.77. The van der Waals surface area contributed by atoms with Gasteiger partial charge in [0.1, 0.15) is 0 Å². The minimum Gasteiger partial charge on any atom is -0.300 e. The zero-order valence-electron chi connectivity index (χ0n) is 13.1. The average Bonchev–Trinajstić information content (AvgIpc) is 3.07. The van der Waals surface area contributed by atoms with Gasteiger partial charge >= 0.3 is 0 Å². The minimum atomic E-state index is 0.595. The Morgan fingerprint density at radius 3 is 2.20 bits per heavy atom. The summed E-state index contributed by atoms with van der Waals surface area (Å²) in [5, 5.41) is 1.23. The molecule has 1 aliphatic heterocycles. The van der Waals surface area contributed by atoms with Crippen LogP contribution >= 0.6 is 15.9 Å². The molecule has 2 aliphatic carbocycles. The lowest BCUT2D eigenvalue weighted by Gasteiger charge is -2.39. The maximum atomic E-state index is 3.89. The second-order valence-corrected chi connectivity index (χ2v) is 8.33. The van der Waals surface area contributed by atoms with Crippen LogP contribution in [0.5, 0.6) is 0 Å². The molecule has 0 radical (unpaired) electrons. The van der Waals surface area contributed by atoms with E-state index in [0.717, 1.165) is 12.0 Å². The Bertz CT molecular complexity index is 290. The summed E-state index contributed by atoms with van der Waals surface area (Å²) in [6, 6.07) is 0.941. The van der Waals surface area contributed by atoms with Crippen LogP contribution in [0.25, 0.3) is 0 Å². The second kappa shape index (κ2) is 7.13. The van der Waals surface area contributed by atoms with Gasteiger partial charge in [0.2, 0.25) is 0 Å². The van der Waals surface area contributed by atoms with Gasteiger partial charge in [0.05, 0.1) is 0 Å². The Balaban J connectivity index is 1.64. The molecule has 3 aliphatic rings. The lowest BCUT2D eigenvalue weighted by atomic mass is 9.81. The Morgan fingerprint density at radius 2 is 1.55 bits per heavy atom. The Kier molecular flexibility index (Phi) is 5.47. The molecular formula is C18H32BrN. The molecule has 0 spiro atoms. The normalized spacial score (nSPS) is 32.5. The SMILES string of the molecule is BrCC1(CN2CCCC2C2CCCC2)CCCCCC1. The molecule has 2 heteroatoms. The zero-order valence-corrected chi connectivity index (χ0v) is 14.7. The van der Waals surface area contributed by atoms with Gasteiger partial charge in [-0.15, -0.1) is 0 Å². The standard InChI is InChI=1S/C18H32BrN/c19-14-18(11-5-1-2-6-12-18)15-20-13-7-10-17(20)16-8-3-4-9-16/h16-17H,1-15H2. The van der Waals surface area contributed by atoms with E-state index in [0.29, 0.717) is 5.41 Å². The number of likely N-dealkylation sites (tertiary alicyclic amines) is 1. The minimum absolute atomic E-state index is 0.595. The molecular weight excluding hydrogens is 310 g/mol. The van der Waals surface area contributed by atoms with Gasteiger partial charge < -0.3 is 0 Å². The van der Waals surface area contributed by atoms with E-state index in [1.54, 1.807) is 0 Å². The van der Waals surface area contributed by atoms with Crippen LogP contribution in [0.15, 0.2) is 0 Å². The van der Waals surface area contributed by atoms with E-state index < -0.39 is 0 Å². The summed E-state index contributed by atoms with van der Waals surface area (Å²) in [5.74, 6) is 1.04. The first-order valence-electron chi connectivity index (χ1n) is 9.13. The molecule has 3 fully saturated rings. The summed E-state index contributed by atoms with van der Waals surface area (Å²) in [7, 11) is 0. The van der Waals surface area contributed by atoms with E-state index >= 15 is 0 Å². The number of halogens is 1. The van der Waals surface area contributed by atoms with Crippen molar-refractivity contribution < 1.29 is 0 Å². The van der Waals surface area contributed by atoms with Crippen molar-refractivity contribution in [2.75, 3.05) is 18.4 Å². The van der Waals surface area contributed by atoms with E-state index in [2.05, 4.69) is 20.8 Å². The predicted octanol–water partition coefficient (Wildman–Crippen LogP) is 5.38. The maximum Gasteiger partial charge on any atom is 0.0124 e. The molecule has 0 aromatic rings. The molecule has 116 valence electrons. The summed E-state index contributed by atoms with van der Waals surface area (Å²) >= 11 is 3.89. The fraction of sp³-hybridized carbons (Fsp3) is 1.00. The smallest absolute Gasteiger partial charge is 0.0124 e. The van der Waals surface area contributed by atoms with Crippen LogP contribution in [0.4, 0.5) is 0 Å². The van der Waals surface area contributed by atoms with Crippen molar-refractivity contribution in [3.63, 3.8) is 0 Å². The molecule has 0 aromatic heterocycles. The number of nitrogens with zero attached hydrogens (tertiary/aromatic N) is 1. The molecule has 3 rings (SSSR count). The third kappa shape index (κ3) is 3.43. The third-order valence-corrected chi connectivity index (χ3v) is 7.53. The van der Waals surface area contributed by atoms with Crippen molar-refractivity contribution in [3.8, 4) is 0 Å². The highest BCUT2D eigenvalue weighted by Crippen LogP contribution is 2.41. The molecule has 0 amide bonds. The van der Waals surface area contributed by atoms with Crippen LogP contribution < -0.4 is 0 Å². The van der Waals surface area contributed by atoms with E-state index in [1.807, 2.05) is 0 Å². The van der Waals surface area contributed by atoms with Crippen LogP contribution in [0.2, 0.25) is 0 Å². The molecule has 2 saturated carbocycles. The molecule has 0 N–H and O–H groups in total. The van der Waals surface area contributed by atoms with Gasteiger partial charge in [-0.3, -0.25) is 4.90 Å². The van der Waals surface area contributed by atoms with Crippen molar-refractivity contribution in [1.82, 2.24) is 4.90 Å². The first kappa shape index (κ1) is 15.3. The van der Waals surface area contributed by atoms with Crippen LogP contribution in [0.1, 0.15) is 77.0 Å². The van der Waals surface area contributed by atoms with E-state index in [1.165, 1.54) is 95.5 Å². The fourth-order valence-corrected chi connectivity index (χ4v) is 5.91. The van der Waals surface area contributed by atoms with Crippen LogP contribution in [0.3, 0.4) is 0 Å². The van der Waals surface area contributed by atoms with Crippen LogP contribution in [0, 0.1) is 11.3 Å². The summed E-state index contributed by atoms with van der Waals surface area (Å²) in [5.41, 5.74) is 0.595. The quantitative estimate of drug-likeness (QED) is 0.490. The predicted molar refractivity (Wildman–Crippen MR) is 90.5 cm³/mol. The van der Waals surface area contributed by atoms with Crippen LogP contribution in [-0.4, -0.2) is 29.4 Å². The monoisotopic (exact) mass is 341 g/mol. The van der Waals surface area contributed by atoms with E-state index in [4.69, 9.17) is 0 Å². The third-order valence-electron chi connectivity index (χ3n) is 6.34. The number of hydrogen-bond donors (Lipinski definition) is 0. The Labute approximate surface area is 134 Å². The molecule has 1 atom stereocenters. The molecule has 0 bridgehead atoms. The van der Waals surface area contributed by atoms with Gasteiger partial charge in [0.15, 0.2) is 0 Å². The lowest BCUT2D eigenvalue weighted by molar-refractivity contribution is 0.113. The summed E-state index contributed by atoms with van der Waals surface area (Å²) < 4.78 is 0. The molecule has 20 heavy (non-hydrogen) atoms. The van der Waals surface area contributed by atoms with E-state index in [-0.39, 0.29) is 0 Å². The van der Waals surface area contributed by atoms with Gasteiger partial charge in [-0.05, 0) is 56.4 Å². The van der Waals surface area contributed by atoms with Gasteiger partial charge in [0, 0.05) is 17.9 Å². The summed E-state index contributed by atoms with van der Waals surface area (Å²) in [6.07, 6.45) is 17.8. The van der Waals surface area contributed by atoms with Crippen molar-refractivity contribution in [2.24, 2.45) is 11.3 Å². The second-order valence-electron chi connectivity index (χ2n) is 7.77. The lowest BCUT2D eigenvalue weighted by Crippen LogP contribution is -2.43. The van der Waals surface area contributed by atoms with Gasteiger partial charge in [-0.25, -0.2) is 0 Å². The van der Waals surface area contributed by atoms with Gasteiger partial charge in [-0.1, -0.05) is 54.5 Å². The molecule has 1 unspecified atom stereocenters. The van der Waals surface area contributed by atoms with Crippen molar-refractivity contribution >= 4 is 15.9 Å². The van der Waals surface area contributed by atoms with E-state index in [9.17, 15) is 0 Å². The molecule has 1 heterocycles. The first-order valence-corrected chi connectivity index (χ1v) is 10.3. The highest BCUT2D eigenvalue weighted by Gasteiger charge is 2.38. The molecule has 0 aromatic carbocycles. The Hall–Kier alpha value is 0.440. The van der Waals surface area contributed by atoms with Crippen LogP contribution in [-0.2, 0) is 0 Å². The van der Waals surface area contributed by atoms with Gasteiger partial charge in [0.25, 0.3) is 0 Å². The highest BCUT2D eigenvalue weighted by molar-refractivity contribution is 9.09. The first-order chi connectivity index (χ1) is 9.83. The average molecular weight is 342 g/mol. The summed E-state index contributed by atoms with van der Waals surface area (Å²) in [4.78, 5) is 2.92. The van der Waals surface area contributed by atoms with Crippen molar-refractivity contribution in [3.05, 3.63) is 0 Å². The fourth-order valence-electron chi connectivity index (χ4n) is 5.17. The zero-order chi connectivity index (χ0) is 13.8. The number of hydrogen-bond acceptors (Lipinski definition) is 1. The molecule has 1 saturated heterocycles. The number of alkyl halides is 1. The van der Waals surface area contributed by atoms with Crippen molar-refractivity contribution in [1.29, 1.82) is 0 Å². The number of rotatable bonds is 4. The Morgan fingerprint density at radius 1 is 0.850 bits per heavy atom. The topological polar surface area (TPSA) is 3.24 Å². The molecule has 1 nitrogen and oxygen atoms in total. The van der Waals surface area contributed by atoms with Crippen molar-refractivity contribution in [2.45, 2.75) is 83.1 Å². The largest absolute Gasteiger partial charge is 0.300 e.